The molecule has 0 fully saturated rings. The zero-order chi connectivity index (χ0) is 17.9. The molecule has 0 heterocycles. The van der Waals surface area contributed by atoms with Crippen molar-refractivity contribution < 1.29 is 17.6 Å². The molecule has 4 nitrogen and oxygen atoms in total. The first-order valence-corrected chi connectivity index (χ1v) is 9.55. The first-order valence-electron chi connectivity index (χ1n) is 7.28. The summed E-state index contributed by atoms with van der Waals surface area (Å²) in [5.74, 6) is -1.24. The monoisotopic (exact) mass is 369 g/mol. The predicted molar refractivity (Wildman–Crippen MR) is 91.5 cm³/mol. The van der Waals surface area contributed by atoms with E-state index in [2.05, 4.69) is 5.32 Å². The van der Waals surface area contributed by atoms with Crippen molar-refractivity contribution in [3.8, 4) is 0 Å². The van der Waals surface area contributed by atoms with Gasteiger partial charge in [0, 0.05) is 11.3 Å². The highest BCUT2D eigenvalue weighted by Gasteiger charge is 2.18. The van der Waals surface area contributed by atoms with E-state index >= 15 is 0 Å². The van der Waals surface area contributed by atoms with Crippen LogP contribution in [-0.2, 0) is 9.84 Å². The maximum Gasteiger partial charge on any atom is 0.254 e. The van der Waals surface area contributed by atoms with Crippen LogP contribution in [0.5, 0.6) is 0 Å². The van der Waals surface area contributed by atoms with Crippen LogP contribution in [0.25, 0.3) is 0 Å². The van der Waals surface area contributed by atoms with E-state index in [1.807, 2.05) is 6.92 Å². The molecule has 1 amide bonds. The maximum atomic E-state index is 13.8. The van der Waals surface area contributed by atoms with Crippen molar-refractivity contribution in [2.75, 3.05) is 6.26 Å². The smallest absolute Gasteiger partial charge is 0.254 e. The average molecular weight is 370 g/mol. The summed E-state index contributed by atoms with van der Waals surface area (Å²) in [6.07, 6.45) is 1.70. The standard InChI is InChI=1S/C17H17ClFNO3S/c1-3-16(11-4-7-13(8-5-11)24(2,22)23)20-17(21)14-9-6-12(18)10-15(14)19/h4-10,16H,3H2,1-2H3,(H,20,21). The van der Waals surface area contributed by atoms with Gasteiger partial charge < -0.3 is 5.32 Å². The molecule has 0 aliphatic carbocycles. The predicted octanol–water partition coefficient (Wildman–Crippen LogP) is 3.76. The molecule has 24 heavy (non-hydrogen) atoms. The number of sulfone groups is 1. The van der Waals surface area contributed by atoms with Gasteiger partial charge in [0.1, 0.15) is 5.82 Å². The second kappa shape index (κ2) is 7.32. The summed E-state index contributed by atoms with van der Waals surface area (Å²) in [6, 6.07) is 9.75. The highest BCUT2D eigenvalue weighted by atomic mass is 35.5. The Bertz CT molecular complexity index is 851. The van der Waals surface area contributed by atoms with Crippen LogP contribution in [0.1, 0.15) is 35.3 Å². The molecule has 2 rings (SSSR count). The van der Waals surface area contributed by atoms with Gasteiger partial charge >= 0.3 is 0 Å². The van der Waals surface area contributed by atoms with Crippen LogP contribution in [0.15, 0.2) is 47.4 Å². The molecular weight excluding hydrogens is 353 g/mol. The van der Waals surface area contributed by atoms with E-state index < -0.39 is 21.6 Å². The summed E-state index contributed by atoms with van der Waals surface area (Å²) in [4.78, 5) is 12.5. The molecule has 0 aliphatic heterocycles. The van der Waals surface area contributed by atoms with E-state index in [4.69, 9.17) is 11.6 Å². The Kier molecular flexibility index (Phi) is 5.62. The fourth-order valence-electron chi connectivity index (χ4n) is 2.28. The van der Waals surface area contributed by atoms with E-state index in [0.29, 0.717) is 6.42 Å². The van der Waals surface area contributed by atoms with Crippen LogP contribution in [0, 0.1) is 5.82 Å². The Labute approximate surface area is 145 Å². The van der Waals surface area contributed by atoms with E-state index in [9.17, 15) is 17.6 Å². The molecule has 7 heteroatoms. The molecule has 1 N–H and O–H groups in total. The van der Waals surface area contributed by atoms with E-state index in [1.54, 1.807) is 12.1 Å². The van der Waals surface area contributed by atoms with Gasteiger partial charge in [-0.05, 0) is 42.3 Å². The maximum absolute atomic E-state index is 13.8. The second-order valence-electron chi connectivity index (χ2n) is 5.40. The van der Waals surface area contributed by atoms with Crippen molar-refractivity contribution in [2.45, 2.75) is 24.3 Å². The third-order valence-corrected chi connectivity index (χ3v) is 4.96. The van der Waals surface area contributed by atoms with E-state index in [0.717, 1.165) is 17.9 Å². The van der Waals surface area contributed by atoms with Gasteiger partial charge in [-0.15, -0.1) is 0 Å². The van der Waals surface area contributed by atoms with Crippen molar-refractivity contribution in [1.29, 1.82) is 0 Å². The van der Waals surface area contributed by atoms with Gasteiger partial charge in [-0.2, -0.15) is 0 Å². The van der Waals surface area contributed by atoms with E-state index in [-0.39, 0.29) is 21.5 Å². The number of carbonyl (C=O) groups is 1. The van der Waals surface area contributed by atoms with Crippen molar-refractivity contribution >= 4 is 27.3 Å². The molecule has 0 aliphatic rings. The first kappa shape index (κ1) is 18.4. The average Bonchev–Trinajstić information content (AvgIpc) is 2.51. The fraction of sp³-hybridized carbons (Fsp3) is 0.235. The molecule has 128 valence electrons. The van der Waals surface area contributed by atoms with Gasteiger partial charge in [-0.3, -0.25) is 4.79 Å². The van der Waals surface area contributed by atoms with Crippen molar-refractivity contribution in [3.05, 3.63) is 64.4 Å². The third kappa shape index (κ3) is 4.33. The summed E-state index contributed by atoms with van der Waals surface area (Å²) in [7, 11) is -3.28. The Balaban J connectivity index is 2.21. The minimum absolute atomic E-state index is 0.0920. The third-order valence-electron chi connectivity index (χ3n) is 3.60. The van der Waals surface area contributed by atoms with Crippen LogP contribution in [0.3, 0.4) is 0 Å². The largest absolute Gasteiger partial charge is 0.345 e. The van der Waals surface area contributed by atoms with Crippen LogP contribution >= 0.6 is 11.6 Å². The number of halogens is 2. The zero-order valence-electron chi connectivity index (χ0n) is 13.2. The first-order chi connectivity index (χ1) is 11.2. The lowest BCUT2D eigenvalue weighted by Crippen LogP contribution is -2.28. The normalized spacial score (nSPS) is 12.7. The zero-order valence-corrected chi connectivity index (χ0v) is 14.8. The molecular formula is C17H17ClFNO3S. The van der Waals surface area contributed by atoms with Gasteiger partial charge in [0.25, 0.3) is 5.91 Å². The number of hydrogen-bond donors (Lipinski definition) is 1. The van der Waals surface area contributed by atoms with Crippen LogP contribution in [0.2, 0.25) is 5.02 Å². The van der Waals surface area contributed by atoms with Crippen molar-refractivity contribution in [2.24, 2.45) is 0 Å². The van der Waals surface area contributed by atoms with Crippen LogP contribution < -0.4 is 5.32 Å². The number of rotatable bonds is 5. The van der Waals surface area contributed by atoms with Gasteiger partial charge in [0.15, 0.2) is 9.84 Å². The molecule has 0 saturated carbocycles. The molecule has 0 spiro atoms. The molecule has 2 aromatic rings. The highest BCUT2D eigenvalue weighted by molar-refractivity contribution is 7.90. The number of hydrogen-bond acceptors (Lipinski definition) is 3. The molecule has 0 saturated heterocycles. The molecule has 0 aromatic heterocycles. The summed E-state index contributed by atoms with van der Waals surface area (Å²) in [5.41, 5.74) is 0.651. The molecule has 1 unspecified atom stereocenters. The van der Waals surface area contributed by atoms with Gasteiger partial charge in [-0.1, -0.05) is 30.7 Å². The molecule has 0 bridgehead atoms. The Morgan fingerprint density at radius 3 is 2.33 bits per heavy atom. The minimum atomic E-state index is -3.28. The highest BCUT2D eigenvalue weighted by Crippen LogP contribution is 2.21. The number of carbonyl (C=O) groups excluding carboxylic acids is 1. The van der Waals surface area contributed by atoms with Crippen LogP contribution in [0.4, 0.5) is 4.39 Å². The summed E-state index contributed by atoms with van der Waals surface area (Å²) in [6.45, 7) is 1.87. The number of benzene rings is 2. The molecule has 1 atom stereocenters. The minimum Gasteiger partial charge on any atom is -0.345 e. The lowest BCUT2D eigenvalue weighted by Gasteiger charge is -2.18. The summed E-state index contributed by atoms with van der Waals surface area (Å²) >= 11 is 5.68. The SMILES string of the molecule is CCC(NC(=O)c1ccc(Cl)cc1F)c1ccc(S(C)(=O)=O)cc1. The van der Waals surface area contributed by atoms with E-state index in [1.165, 1.54) is 24.3 Å². The fourth-order valence-corrected chi connectivity index (χ4v) is 3.07. The van der Waals surface area contributed by atoms with Crippen molar-refractivity contribution in [3.63, 3.8) is 0 Å². The molecule has 0 radical (unpaired) electrons. The topological polar surface area (TPSA) is 63.2 Å². The Morgan fingerprint density at radius 2 is 1.83 bits per heavy atom. The van der Waals surface area contributed by atoms with Gasteiger partial charge in [-0.25, -0.2) is 12.8 Å². The lowest BCUT2D eigenvalue weighted by atomic mass is 10.0. The number of amides is 1. The lowest BCUT2D eigenvalue weighted by molar-refractivity contribution is 0.0931. The summed E-state index contributed by atoms with van der Waals surface area (Å²) in [5, 5.41) is 2.96. The summed E-state index contributed by atoms with van der Waals surface area (Å²) < 4.78 is 36.8. The number of nitrogens with one attached hydrogen (secondary N) is 1. The van der Waals surface area contributed by atoms with Gasteiger partial charge in [0.05, 0.1) is 16.5 Å². The quantitative estimate of drug-likeness (QED) is 0.872. The van der Waals surface area contributed by atoms with Crippen molar-refractivity contribution in [1.82, 2.24) is 5.32 Å². The Morgan fingerprint density at radius 1 is 1.21 bits per heavy atom. The Hall–Kier alpha value is -1.92. The molecule has 2 aromatic carbocycles. The van der Waals surface area contributed by atoms with Gasteiger partial charge in [0.2, 0.25) is 0 Å². The van der Waals surface area contributed by atoms with Crippen LogP contribution in [-0.4, -0.2) is 20.6 Å². The second-order valence-corrected chi connectivity index (χ2v) is 7.85.